The zero-order valence-electron chi connectivity index (χ0n) is 14.1. The number of carbonyl (C=O) groups is 4. The van der Waals surface area contributed by atoms with Crippen LogP contribution < -0.4 is 0 Å². The van der Waals surface area contributed by atoms with E-state index in [9.17, 15) is 19.2 Å². The number of nitrogens with zero attached hydrogens (tertiary/aromatic N) is 6. The highest BCUT2D eigenvalue weighted by atomic mass is 79.9. The first-order chi connectivity index (χ1) is 12.3. The van der Waals surface area contributed by atoms with Crippen molar-refractivity contribution in [2.45, 2.75) is 25.7 Å². The second-order valence-electron chi connectivity index (χ2n) is 6.67. The van der Waals surface area contributed by atoms with Gasteiger partial charge in [-0.1, -0.05) is 0 Å². The Kier molecular flexibility index (Phi) is 6.41. The maximum Gasteiger partial charge on any atom is 0.239 e. The molecule has 12 heteroatoms. The molecule has 0 unspecified atom stereocenters. The average molecular weight is 496 g/mol. The Labute approximate surface area is 168 Å². The van der Waals surface area contributed by atoms with Gasteiger partial charge in [-0.3, -0.25) is 38.8 Å². The zero-order chi connectivity index (χ0) is 18.8. The predicted molar refractivity (Wildman–Crippen MR) is 96.6 cm³/mol. The Morgan fingerprint density at radius 3 is 0.769 bits per heavy atom. The first-order valence-electron chi connectivity index (χ1n) is 8.26. The lowest BCUT2D eigenvalue weighted by Crippen LogP contribution is -2.71. The van der Waals surface area contributed by atoms with Crippen LogP contribution in [0, 0.1) is 0 Å². The van der Waals surface area contributed by atoms with Crippen molar-refractivity contribution in [1.82, 2.24) is 27.5 Å². The second kappa shape index (κ2) is 8.40. The predicted octanol–water partition coefficient (Wildman–Crippen LogP) is -0.129. The quantitative estimate of drug-likeness (QED) is 0.339. The Morgan fingerprint density at radius 2 is 0.654 bits per heavy atom. The lowest BCUT2D eigenvalue weighted by atomic mass is 10.4. The maximum atomic E-state index is 10.4. The molecule has 4 amide bonds. The van der Waals surface area contributed by atoms with Crippen LogP contribution in [-0.4, -0.2) is 91.1 Å². The number of hydrogen-bond acceptors (Lipinski definition) is 8. The summed E-state index contributed by atoms with van der Waals surface area (Å²) >= 11 is 5.61. The summed E-state index contributed by atoms with van der Waals surface area (Å²) in [7, 11) is 0. The first kappa shape index (κ1) is 19.8. The number of carbonyl (C=O) groups excluding carboxylic acids is 4. The first-order valence-corrected chi connectivity index (χ1v) is 9.68. The van der Waals surface area contributed by atoms with Crippen molar-refractivity contribution in [3.05, 3.63) is 0 Å². The lowest BCUT2D eigenvalue weighted by Gasteiger charge is -2.56. The molecule has 4 bridgehead atoms. The Balaban J connectivity index is 0.000000115. The molecular weight excluding hydrogens is 476 g/mol. The summed E-state index contributed by atoms with van der Waals surface area (Å²) in [5, 5.41) is 0. The number of imide groups is 2. The summed E-state index contributed by atoms with van der Waals surface area (Å²) < 4.78 is 1.96. The molecule has 0 aromatic heterocycles. The summed E-state index contributed by atoms with van der Waals surface area (Å²) in [4.78, 5) is 51.6. The van der Waals surface area contributed by atoms with Gasteiger partial charge in [0.05, 0.1) is 72.3 Å². The van der Waals surface area contributed by atoms with Crippen LogP contribution in [0.4, 0.5) is 0 Å². The van der Waals surface area contributed by atoms with Crippen molar-refractivity contribution in [3.8, 4) is 0 Å². The molecule has 0 N–H and O–H groups in total. The smallest absolute Gasteiger partial charge is 0.239 e. The van der Waals surface area contributed by atoms with Crippen LogP contribution in [-0.2, 0) is 19.2 Å². The van der Waals surface area contributed by atoms with Crippen molar-refractivity contribution >= 4 is 55.9 Å². The molecule has 0 aromatic rings. The molecule has 6 heterocycles. The van der Waals surface area contributed by atoms with Crippen LogP contribution in [0.3, 0.4) is 0 Å². The average Bonchev–Trinajstić information content (AvgIpc) is 3.05. The molecule has 6 aliphatic rings. The molecule has 0 radical (unpaired) electrons. The molecule has 0 atom stereocenters. The summed E-state index contributed by atoms with van der Waals surface area (Å²) in [5.74, 6) is -0.574. The third kappa shape index (κ3) is 4.67. The molecule has 6 rings (SSSR count). The highest BCUT2D eigenvalue weighted by Crippen LogP contribution is 2.20. The van der Waals surface area contributed by atoms with Gasteiger partial charge in [-0.05, 0) is 0 Å². The minimum Gasteiger partial charge on any atom is -0.274 e. The Bertz CT molecular complexity index is 496. The second-order valence-corrected chi connectivity index (χ2v) is 8.09. The maximum absolute atomic E-state index is 10.4. The molecule has 6 fully saturated rings. The summed E-state index contributed by atoms with van der Waals surface area (Å²) in [6, 6.07) is 0. The van der Waals surface area contributed by atoms with Gasteiger partial charge in [0.25, 0.3) is 0 Å². The van der Waals surface area contributed by atoms with Gasteiger partial charge in [0.2, 0.25) is 23.6 Å². The van der Waals surface area contributed by atoms with Crippen LogP contribution in [0.5, 0.6) is 0 Å². The third-order valence-electron chi connectivity index (χ3n) is 4.38. The normalized spacial score (nSPS) is 34.7. The number of halogens is 2. The molecule has 0 saturated carbocycles. The van der Waals surface area contributed by atoms with E-state index in [1.165, 1.54) is 40.0 Å². The third-order valence-corrected chi connectivity index (χ3v) is 5.96. The number of hydrogen-bond donors (Lipinski definition) is 0. The van der Waals surface area contributed by atoms with Gasteiger partial charge < -0.3 is 0 Å². The van der Waals surface area contributed by atoms with E-state index in [0.717, 1.165) is 7.85 Å². The largest absolute Gasteiger partial charge is 0.274 e. The van der Waals surface area contributed by atoms with Gasteiger partial charge in [0, 0.05) is 25.7 Å². The zero-order valence-corrected chi connectivity index (χ0v) is 17.3. The minimum absolute atomic E-state index is 0.144. The standard InChI is InChI=1S/C6H12N4.2C4H4BrNO2/c1-7-2-9-4-8(1)5-10(3-7)6-9;2*5-6-3(7)1-2-4(6)8/h1-6H2;2*1-2H2. The van der Waals surface area contributed by atoms with E-state index in [-0.39, 0.29) is 23.6 Å². The van der Waals surface area contributed by atoms with Gasteiger partial charge in [0.1, 0.15) is 0 Å². The highest BCUT2D eigenvalue weighted by Gasteiger charge is 2.36. The van der Waals surface area contributed by atoms with E-state index in [0.29, 0.717) is 25.7 Å². The van der Waals surface area contributed by atoms with Crippen molar-refractivity contribution in [3.63, 3.8) is 0 Å². The van der Waals surface area contributed by atoms with Crippen LogP contribution in [0.25, 0.3) is 0 Å². The van der Waals surface area contributed by atoms with Gasteiger partial charge in [-0.15, -0.1) is 0 Å². The molecule has 0 aliphatic carbocycles. The number of rotatable bonds is 0. The highest BCUT2D eigenvalue weighted by molar-refractivity contribution is 9.08. The molecular formula is C14H20Br2N6O4. The fraction of sp³-hybridized carbons (Fsp3) is 0.714. The van der Waals surface area contributed by atoms with Gasteiger partial charge >= 0.3 is 0 Å². The van der Waals surface area contributed by atoms with E-state index in [1.807, 2.05) is 0 Å². The van der Waals surface area contributed by atoms with Gasteiger partial charge in [-0.2, -0.15) is 0 Å². The molecule has 10 nitrogen and oxygen atoms in total. The van der Waals surface area contributed by atoms with Crippen LogP contribution >= 0.6 is 32.3 Å². The molecule has 6 saturated heterocycles. The van der Waals surface area contributed by atoms with Crippen molar-refractivity contribution in [2.24, 2.45) is 0 Å². The number of amides is 4. The lowest BCUT2D eigenvalue weighted by molar-refractivity contribution is -0.194. The SMILES string of the molecule is C1N2CN3CN1CN(C2)C3.O=C1CCC(=O)N1Br.O=C1CCC(=O)N1Br. The van der Waals surface area contributed by atoms with Crippen LogP contribution in [0.15, 0.2) is 0 Å². The Morgan fingerprint density at radius 1 is 0.462 bits per heavy atom. The van der Waals surface area contributed by atoms with Crippen molar-refractivity contribution < 1.29 is 19.2 Å². The van der Waals surface area contributed by atoms with E-state index in [2.05, 4.69) is 51.9 Å². The summed E-state index contributed by atoms with van der Waals surface area (Å²) in [5.41, 5.74) is 0. The minimum atomic E-state index is -0.144. The summed E-state index contributed by atoms with van der Waals surface area (Å²) in [6.45, 7) is 7.12. The summed E-state index contributed by atoms with van der Waals surface area (Å²) in [6.07, 6.45) is 1.41. The monoisotopic (exact) mass is 494 g/mol. The molecule has 6 aliphatic heterocycles. The molecule has 144 valence electrons. The molecule has 0 spiro atoms. The van der Waals surface area contributed by atoms with E-state index in [4.69, 9.17) is 0 Å². The van der Waals surface area contributed by atoms with Gasteiger partial charge in [-0.25, -0.2) is 7.85 Å². The fourth-order valence-corrected chi connectivity index (χ4v) is 4.04. The molecule has 0 aromatic carbocycles. The fourth-order valence-electron chi connectivity index (χ4n) is 3.33. The van der Waals surface area contributed by atoms with E-state index < -0.39 is 0 Å². The van der Waals surface area contributed by atoms with Gasteiger partial charge in [0.15, 0.2) is 0 Å². The van der Waals surface area contributed by atoms with Crippen molar-refractivity contribution in [1.29, 1.82) is 0 Å². The van der Waals surface area contributed by atoms with Crippen LogP contribution in [0.2, 0.25) is 0 Å². The van der Waals surface area contributed by atoms with Crippen LogP contribution in [0.1, 0.15) is 25.7 Å². The van der Waals surface area contributed by atoms with E-state index in [1.54, 1.807) is 0 Å². The topological polar surface area (TPSA) is 87.7 Å². The van der Waals surface area contributed by atoms with Crippen molar-refractivity contribution in [2.75, 3.05) is 40.0 Å². The Hall–Kier alpha value is -0.920. The molecule has 26 heavy (non-hydrogen) atoms. The van der Waals surface area contributed by atoms with E-state index >= 15 is 0 Å².